The second-order valence-electron chi connectivity index (χ2n) is 4.80. The summed E-state index contributed by atoms with van der Waals surface area (Å²) in [5, 5.41) is 0. The smallest absolute Gasteiger partial charge is 0.146 e. The van der Waals surface area contributed by atoms with E-state index in [1.807, 2.05) is 32.9 Å². The minimum atomic E-state index is -0.120. The number of aryl methyl sites for hydroxylation is 1. The lowest BCUT2D eigenvalue weighted by atomic mass is 10.1. The Balaban J connectivity index is 2.21. The van der Waals surface area contributed by atoms with Crippen LogP contribution in [0, 0.1) is 5.82 Å². The summed E-state index contributed by atoms with van der Waals surface area (Å²) in [4.78, 5) is 2.08. The van der Waals surface area contributed by atoms with Gasteiger partial charge in [-0.2, -0.15) is 0 Å². The second-order valence-corrected chi connectivity index (χ2v) is 4.80. The Hall–Kier alpha value is -1.09. The number of ether oxygens (including phenoxy) is 1. The highest BCUT2D eigenvalue weighted by Crippen LogP contribution is 2.24. The zero-order valence-electron chi connectivity index (χ0n) is 10.7. The maximum absolute atomic E-state index is 14.0. The van der Waals surface area contributed by atoms with Crippen LogP contribution in [0.25, 0.3) is 0 Å². The van der Waals surface area contributed by atoms with Gasteiger partial charge in [-0.1, -0.05) is 13.0 Å². The van der Waals surface area contributed by atoms with E-state index in [1.165, 1.54) is 0 Å². The Bertz CT molecular complexity index is 384. The summed E-state index contributed by atoms with van der Waals surface area (Å²) in [6.45, 7) is 7.61. The van der Waals surface area contributed by atoms with E-state index in [0.717, 1.165) is 25.1 Å². The Morgan fingerprint density at radius 2 is 1.94 bits per heavy atom. The van der Waals surface area contributed by atoms with Crippen LogP contribution < -0.4 is 4.90 Å². The van der Waals surface area contributed by atoms with Gasteiger partial charge in [-0.05, 0) is 38.0 Å². The zero-order chi connectivity index (χ0) is 12.4. The average Bonchev–Trinajstić information content (AvgIpc) is 2.27. The summed E-state index contributed by atoms with van der Waals surface area (Å²) >= 11 is 0. The van der Waals surface area contributed by atoms with Gasteiger partial charge >= 0.3 is 0 Å². The number of rotatable bonds is 2. The fourth-order valence-corrected chi connectivity index (χ4v) is 2.40. The molecule has 2 rings (SSSR count). The first-order chi connectivity index (χ1) is 8.10. The molecule has 0 radical (unpaired) electrons. The van der Waals surface area contributed by atoms with Crippen molar-refractivity contribution in [2.75, 3.05) is 18.0 Å². The summed E-state index contributed by atoms with van der Waals surface area (Å²) < 4.78 is 19.7. The van der Waals surface area contributed by atoms with Crippen LogP contribution in [0.5, 0.6) is 0 Å². The molecule has 0 aromatic heterocycles. The van der Waals surface area contributed by atoms with Crippen LogP contribution in [0.4, 0.5) is 10.1 Å². The maximum atomic E-state index is 14.0. The third-order valence-corrected chi connectivity index (χ3v) is 3.18. The zero-order valence-corrected chi connectivity index (χ0v) is 10.7. The summed E-state index contributed by atoms with van der Waals surface area (Å²) in [6.07, 6.45) is 1.18. The predicted molar refractivity (Wildman–Crippen MR) is 68.0 cm³/mol. The monoisotopic (exact) mass is 237 g/mol. The van der Waals surface area contributed by atoms with Crippen molar-refractivity contribution < 1.29 is 9.13 Å². The molecule has 94 valence electrons. The topological polar surface area (TPSA) is 12.5 Å². The Labute approximate surface area is 102 Å². The normalized spacial score (nSPS) is 25.1. The molecule has 3 heteroatoms. The molecular formula is C14H20FNO. The summed E-state index contributed by atoms with van der Waals surface area (Å²) in [5.41, 5.74) is 1.74. The molecule has 2 nitrogen and oxygen atoms in total. The average molecular weight is 237 g/mol. The molecule has 17 heavy (non-hydrogen) atoms. The standard InChI is InChI=1S/C14H20FNO/c1-4-12-5-6-14(13(15)7-12)16-8-10(2)17-11(3)9-16/h5-7,10-11H,4,8-9H2,1-3H3. The van der Waals surface area contributed by atoms with Crippen molar-refractivity contribution in [3.8, 4) is 0 Å². The molecule has 1 aromatic carbocycles. The molecule has 0 bridgehead atoms. The van der Waals surface area contributed by atoms with Gasteiger partial charge in [-0.3, -0.25) is 0 Å². The summed E-state index contributed by atoms with van der Waals surface area (Å²) in [5.74, 6) is -0.120. The fourth-order valence-electron chi connectivity index (χ4n) is 2.40. The van der Waals surface area contributed by atoms with Crippen molar-refractivity contribution in [2.24, 2.45) is 0 Å². The van der Waals surface area contributed by atoms with Gasteiger partial charge in [-0.15, -0.1) is 0 Å². The van der Waals surface area contributed by atoms with Crippen molar-refractivity contribution in [3.05, 3.63) is 29.6 Å². The van der Waals surface area contributed by atoms with Crippen LogP contribution in [0.1, 0.15) is 26.3 Å². The van der Waals surface area contributed by atoms with Crippen LogP contribution in [-0.2, 0) is 11.2 Å². The highest BCUT2D eigenvalue weighted by molar-refractivity contribution is 5.49. The van der Waals surface area contributed by atoms with Crippen LogP contribution in [0.2, 0.25) is 0 Å². The molecule has 1 fully saturated rings. The minimum Gasteiger partial charge on any atom is -0.372 e. The van der Waals surface area contributed by atoms with Crippen LogP contribution in [-0.4, -0.2) is 25.3 Å². The second kappa shape index (κ2) is 5.05. The molecule has 1 aliphatic heterocycles. The highest BCUT2D eigenvalue weighted by atomic mass is 19.1. The van der Waals surface area contributed by atoms with Crippen molar-refractivity contribution in [2.45, 2.75) is 39.4 Å². The lowest BCUT2D eigenvalue weighted by Crippen LogP contribution is -2.45. The molecule has 1 saturated heterocycles. The lowest BCUT2D eigenvalue weighted by Gasteiger charge is -2.37. The summed E-state index contributed by atoms with van der Waals surface area (Å²) in [7, 11) is 0. The molecular weight excluding hydrogens is 217 g/mol. The first kappa shape index (κ1) is 12.4. The van der Waals surface area contributed by atoms with E-state index in [-0.39, 0.29) is 18.0 Å². The molecule has 1 aliphatic rings. The van der Waals surface area contributed by atoms with Gasteiger partial charge in [0.15, 0.2) is 0 Å². The number of hydrogen-bond donors (Lipinski definition) is 0. The number of nitrogens with zero attached hydrogens (tertiary/aromatic N) is 1. The van der Waals surface area contributed by atoms with Gasteiger partial charge < -0.3 is 9.64 Å². The molecule has 0 saturated carbocycles. The third-order valence-electron chi connectivity index (χ3n) is 3.18. The Morgan fingerprint density at radius 3 is 2.47 bits per heavy atom. The molecule has 0 N–H and O–H groups in total. The van der Waals surface area contributed by atoms with E-state index in [0.29, 0.717) is 5.69 Å². The van der Waals surface area contributed by atoms with Crippen LogP contribution in [0.15, 0.2) is 18.2 Å². The van der Waals surface area contributed by atoms with Crippen molar-refractivity contribution in [3.63, 3.8) is 0 Å². The highest BCUT2D eigenvalue weighted by Gasteiger charge is 2.24. The number of benzene rings is 1. The first-order valence-corrected chi connectivity index (χ1v) is 6.29. The lowest BCUT2D eigenvalue weighted by molar-refractivity contribution is -0.00539. The van der Waals surface area contributed by atoms with Gasteiger partial charge in [0, 0.05) is 13.1 Å². The molecule has 1 heterocycles. The SMILES string of the molecule is CCc1ccc(N2CC(C)OC(C)C2)c(F)c1. The third kappa shape index (κ3) is 2.78. The van der Waals surface area contributed by atoms with Crippen LogP contribution >= 0.6 is 0 Å². The van der Waals surface area contributed by atoms with Crippen molar-refractivity contribution in [1.29, 1.82) is 0 Å². The van der Waals surface area contributed by atoms with E-state index in [4.69, 9.17) is 4.74 Å². The van der Waals surface area contributed by atoms with Gasteiger partial charge in [0.05, 0.1) is 17.9 Å². The number of hydrogen-bond acceptors (Lipinski definition) is 2. The van der Waals surface area contributed by atoms with Gasteiger partial charge in [-0.25, -0.2) is 4.39 Å². The van der Waals surface area contributed by atoms with Crippen molar-refractivity contribution >= 4 is 5.69 Å². The molecule has 2 unspecified atom stereocenters. The van der Waals surface area contributed by atoms with E-state index in [9.17, 15) is 4.39 Å². The van der Waals surface area contributed by atoms with Crippen LogP contribution in [0.3, 0.4) is 0 Å². The van der Waals surface area contributed by atoms with Gasteiger partial charge in [0.2, 0.25) is 0 Å². The maximum Gasteiger partial charge on any atom is 0.146 e. The molecule has 0 amide bonds. The fraction of sp³-hybridized carbons (Fsp3) is 0.571. The van der Waals surface area contributed by atoms with Crippen molar-refractivity contribution in [1.82, 2.24) is 0 Å². The molecule has 2 atom stereocenters. The number of halogens is 1. The quantitative estimate of drug-likeness (QED) is 0.784. The van der Waals surface area contributed by atoms with E-state index in [1.54, 1.807) is 6.07 Å². The molecule has 1 aromatic rings. The van der Waals surface area contributed by atoms with E-state index >= 15 is 0 Å². The first-order valence-electron chi connectivity index (χ1n) is 6.29. The van der Waals surface area contributed by atoms with E-state index < -0.39 is 0 Å². The van der Waals surface area contributed by atoms with Gasteiger partial charge in [0.25, 0.3) is 0 Å². The van der Waals surface area contributed by atoms with E-state index in [2.05, 4.69) is 4.90 Å². The minimum absolute atomic E-state index is 0.120. The molecule has 0 spiro atoms. The number of anilines is 1. The number of morpholine rings is 1. The largest absolute Gasteiger partial charge is 0.372 e. The predicted octanol–water partition coefficient (Wildman–Crippen LogP) is 3.00. The summed E-state index contributed by atoms with van der Waals surface area (Å²) in [6, 6.07) is 5.53. The molecule has 0 aliphatic carbocycles. The van der Waals surface area contributed by atoms with Gasteiger partial charge in [0.1, 0.15) is 5.82 Å². The Kier molecular flexibility index (Phi) is 3.67. The Morgan fingerprint density at radius 1 is 1.29 bits per heavy atom.